The van der Waals surface area contributed by atoms with E-state index in [-0.39, 0.29) is 37.6 Å². The lowest BCUT2D eigenvalue weighted by Gasteiger charge is -2.38. The van der Waals surface area contributed by atoms with Crippen molar-refractivity contribution in [2.24, 2.45) is 5.92 Å². The van der Waals surface area contributed by atoms with Gasteiger partial charge in [-0.1, -0.05) is 6.92 Å². The monoisotopic (exact) mass is 464 g/mol. The molecular formula is C21H33N6O4P. The minimum atomic E-state index is -1.46. The summed E-state index contributed by atoms with van der Waals surface area (Å²) >= 11 is 0. The molecule has 1 saturated heterocycles. The Morgan fingerprint density at radius 2 is 2.00 bits per heavy atom. The highest BCUT2D eigenvalue weighted by molar-refractivity contribution is 7.44. The first kappa shape index (κ1) is 24.9. The SMILES string of the molecule is Cc1ncnc2c1ncn2[C@@H]1O[C@H](CO)C(OP(OCCC#N)N(C(C)C)C(C)C)[C@@H]1C. The van der Waals surface area contributed by atoms with Crippen LogP contribution < -0.4 is 0 Å². The topological polar surface area (TPSA) is 119 Å². The van der Waals surface area contributed by atoms with Crippen molar-refractivity contribution < 1.29 is 18.9 Å². The van der Waals surface area contributed by atoms with Gasteiger partial charge in [-0.2, -0.15) is 5.26 Å². The second-order valence-corrected chi connectivity index (χ2v) is 9.91. The van der Waals surface area contributed by atoms with Crippen LogP contribution in [0, 0.1) is 24.2 Å². The average Bonchev–Trinajstić information content (AvgIpc) is 3.30. The molecule has 2 unspecified atom stereocenters. The number of hydrogen-bond donors (Lipinski definition) is 1. The lowest BCUT2D eigenvalue weighted by Crippen LogP contribution is -2.37. The summed E-state index contributed by atoms with van der Waals surface area (Å²) < 4.78 is 22.9. The van der Waals surface area contributed by atoms with Gasteiger partial charge < -0.3 is 18.9 Å². The van der Waals surface area contributed by atoms with E-state index in [2.05, 4.69) is 53.4 Å². The molecule has 5 atom stereocenters. The van der Waals surface area contributed by atoms with Crippen molar-refractivity contribution in [2.75, 3.05) is 13.2 Å². The van der Waals surface area contributed by atoms with E-state index in [1.807, 2.05) is 18.4 Å². The Morgan fingerprint density at radius 1 is 1.28 bits per heavy atom. The number of hydrogen-bond acceptors (Lipinski definition) is 9. The molecule has 32 heavy (non-hydrogen) atoms. The van der Waals surface area contributed by atoms with Gasteiger partial charge in [0.25, 0.3) is 8.53 Å². The van der Waals surface area contributed by atoms with Crippen LogP contribution in [0.5, 0.6) is 0 Å². The summed E-state index contributed by atoms with van der Waals surface area (Å²) in [6, 6.07) is 2.48. The number of fused-ring (bicyclic) bond motifs is 1. The maximum absolute atomic E-state index is 10.1. The van der Waals surface area contributed by atoms with Gasteiger partial charge in [0.15, 0.2) is 5.65 Å². The summed E-state index contributed by atoms with van der Waals surface area (Å²) in [4.78, 5) is 13.0. The molecule has 1 aliphatic rings. The molecule has 0 aliphatic carbocycles. The second-order valence-electron chi connectivity index (χ2n) is 8.51. The standard InChI is InChI=1S/C21H33N6O4P/c1-13(2)27(14(3)4)32(29-9-7-8-22)31-19-15(5)21(30-17(19)10-28)26-12-25-18-16(6)23-11-24-20(18)26/h11-15,17,19,21,28H,7,9-10H2,1-6H3/t15-,17+,19?,21+,32?/m0/s1. The van der Waals surface area contributed by atoms with Crippen molar-refractivity contribution in [3.05, 3.63) is 18.3 Å². The van der Waals surface area contributed by atoms with E-state index in [1.54, 1.807) is 6.33 Å². The fourth-order valence-corrected chi connectivity index (χ4v) is 5.91. The van der Waals surface area contributed by atoms with E-state index in [0.29, 0.717) is 5.65 Å². The third kappa shape index (κ3) is 5.09. The molecule has 0 amide bonds. The zero-order valence-corrected chi connectivity index (χ0v) is 20.4. The molecule has 0 saturated carbocycles. The van der Waals surface area contributed by atoms with E-state index in [4.69, 9.17) is 19.0 Å². The number of nitrogens with zero attached hydrogens (tertiary/aromatic N) is 6. The van der Waals surface area contributed by atoms with Crippen molar-refractivity contribution in [3.8, 4) is 6.07 Å². The van der Waals surface area contributed by atoms with Crippen LogP contribution in [0.15, 0.2) is 12.7 Å². The summed E-state index contributed by atoms with van der Waals surface area (Å²) in [7, 11) is -1.46. The van der Waals surface area contributed by atoms with Gasteiger partial charge in [0.1, 0.15) is 30.3 Å². The van der Waals surface area contributed by atoms with Gasteiger partial charge in [0.05, 0.1) is 37.7 Å². The molecule has 2 aromatic rings. The van der Waals surface area contributed by atoms with Crippen LogP contribution in [0.4, 0.5) is 0 Å². The third-order valence-electron chi connectivity index (χ3n) is 5.52. The Morgan fingerprint density at radius 3 is 2.62 bits per heavy atom. The number of ether oxygens (including phenoxy) is 1. The second kappa shape index (κ2) is 10.9. The number of aliphatic hydroxyl groups is 1. The molecule has 0 spiro atoms. The molecule has 0 bridgehead atoms. The molecule has 1 aliphatic heterocycles. The van der Waals surface area contributed by atoms with Crippen LogP contribution in [0.3, 0.4) is 0 Å². The highest BCUT2D eigenvalue weighted by Crippen LogP contribution is 2.51. The molecule has 1 fully saturated rings. The molecule has 176 valence electrons. The smallest absolute Gasteiger partial charge is 0.259 e. The Hall–Kier alpha value is -1.73. The van der Waals surface area contributed by atoms with E-state index in [9.17, 15) is 5.11 Å². The van der Waals surface area contributed by atoms with Gasteiger partial charge >= 0.3 is 0 Å². The number of imidazole rings is 1. The van der Waals surface area contributed by atoms with E-state index in [1.165, 1.54) is 6.33 Å². The first-order valence-electron chi connectivity index (χ1n) is 11.0. The highest BCUT2D eigenvalue weighted by Gasteiger charge is 2.46. The van der Waals surface area contributed by atoms with Crippen LogP contribution in [-0.4, -0.2) is 66.8 Å². The Balaban J connectivity index is 1.87. The van der Waals surface area contributed by atoms with Gasteiger partial charge in [-0.05, 0) is 34.6 Å². The van der Waals surface area contributed by atoms with Crippen molar-refractivity contribution >= 4 is 19.7 Å². The zero-order valence-electron chi connectivity index (χ0n) is 19.5. The van der Waals surface area contributed by atoms with Crippen LogP contribution >= 0.6 is 8.53 Å². The number of aryl methyl sites for hydroxylation is 1. The summed E-state index contributed by atoms with van der Waals surface area (Å²) in [6.45, 7) is 12.4. The minimum absolute atomic E-state index is 0.106. The van der Waals surface area contributed by atoms with Gasteiger partial charge in [-0.15, -0.1) is 0 Å². The molecular weight excluding hydrogens is 431 g/mol. The van der Waals surface area contributed by atoms with E-state index < -0.39 is 27.0 Å². The number of aromatic nitrogens is 4. The molecule has 0 aromatic carbocycles. The predicted molar refractivity (Wildman–Crippen MR) is 120 cm³/mol. The summed E-state index contributed by atoms with van der Waals surface area (Å²) in [5, 5.41) is 19.0. The number of rotatable bonds is 10. The Bertz CT molecular complexity index is 925. The van der Waals surface area contributed by atoms with Gasteiger partial charge in [0.2, 0.25) is 0 Å². The zero-order chi connectivity index (χ0) is 23.4. The summed E-state index contributed by atoms with van der Waals surface area (Å²) in [5.41, 5.74) is 2.20. The largest absolute Gasteiger partial charge is 0.394 e. The van der Waals surface area contributed by atoms with E-state index >= 15 is 0 Å². The lowest BCUT2D eigenvalue weighted by molar-refractivity contribution is -0.0430. The fraction of sp³-hybridized carbons (Fsp3) is 0.714. The molecule has 2 aromatic heterocycles. The number of nitriles is 1. The average molecular weight is 465 g/mol. The Kier molecular flexibility index (Phi) is 8.50. The third-order valence-corrected chi connectivity index (χ3v) is 7.65. The molecule has 11 heteroatoms. The van der Waals surface area contributed by atoms with Crippen LogP contribution in [0.2, 0.25) is 0 Å². The molecule has 1 N–H and O–H groups in total. The minimum Gasteiger partial charge on any atom is -0.394 e. The van der Waals surface area contributed by atoms with Crippen molar-refractivity contribution in [2.45, 2.75) is 78.5 Å². The maximum atomic E-state index is 10.1. The van der Waals surface area contributed by atoms with Crippen molar-refractivity contribution in [3.63, 3.8) is 0 Å². The first-order chi connectivity index (χ1) is 15.3. The van der Waals surface area contributed by atoms with Crippen molar-refractivity contribution in [1.82, 2.24) is 24.2 Å². The van der Waals surface area contributed by atoms with Crippen LogP contribution in [-0.2, 0) is 13.8 Å². The molecule has 3 rings (SSSR count). The van der Waals surface area contributed by atoms with E-state index in [0.717, 1.165) is 11.2 Å². The van der Waals surface area contributed by atoms with Crippen molar-refractivity contribution in [1.29, 1.82) is 5.26 Å². The highest BCUT2D eigenvalue weighted by atomic mass is 31.2. The van der Waals surface area contributed by atoms with Crippen LogP contribution in [0.1, 0.15) is 53.0 Å². The first-order valence-corrected chi connectivity index (χ1v) is 12.1. The lowest BCUT2D eigenvalue weighted by atomic mass is 10.0. The summed E-state index contributed by atoms with van der Waals surface area (Å²) in [5.74, 6) is -0.106. The Labute approximate surface area is 190 Å². The van der Waals surface area contributed by atoms with Gasteiger partial charge in [-0.3, -0.25) is 4.57 Å². The molecule has 10 nitrogen and oxygen atoms in total. The maximum Gasteiger partial charge on any atom is 0.259 e. The molecule has 3 heterocycles. The number of aliphatic hydroxyl groups excluding tert-OH is 1. The van der Waals surface area contributed by atoms with Gasteiger partial charge in [0, 0.05) is 18.0 Å². The van der Waals surface area contributed by atoms with Crippen LogP contribution in [0.25, 0.3) is 11.2 Å². The predicted octanol–water partition coefficient (Wildman–Crippen LogP) is 3.32. The molecule has 0 radical (unpaired) electrons. The normalized spacial score (nSPS) is 24.7. The quantitative estimate of drug-likeness (QED) is 0.417. The van der Waals surface area contributed by atoms with Gasteiger partial charge in [-0.25, -0.2) is 19.6 Å². The fourth-order valence-electron chi connectivity index (χ4n) is 4.06. The summed E-state index contributed by atoms with van der Waals surface area (Å²) in [6.07, 6.45) is 2.16.